The monoisotopic (exact) mass is 458 g/mol. The van der Waals surface area contributed by atoms with Crippen molar-refractivity contribution in [1.82, 2.24) is 0 Å². The summed E-state index contributed by atoms with van der Waals surface area (Å²) in [6.07, 6.45) is 19.1. The van der Waals surface area contributed by atoms with Gasteiger partial charge in [-0.05, 0) is 97.6 Å². The minimum absolute atomic E-state index is 0.253. The molecule has 0 aliphatic heterocycles. The van der Waals surface area contributed by atoms with Crippen molar-refractivity contribution in [3.05, 3.63) is 58.2 Å². The summed E-state index contributed by atoms with van der Waals surface area (Å²) in [5.41, 5.74) is 6.58. The molecule has 0 aliphatic rings. The van der Waals surface area contributed by atoms with Gasteiger partial charge in [-0.1, -0.05) is 46.6 Å². The lowest BCUT2D eigenvalue weighted by Crippen LogP contribution is -2.03. The van der Waals surface area contributed by atoms with Crippen molar-refractivity contribution in [2.45, 2.75) is 99.8 Å². The lowest BCUT2D eigenvalue weighted by Gasteiger charge is -2.08. The lowest BCUT2D eigenvalue weighted by molar-refractivity contribution is -0.140. The van der Waals surface area contributed by atoms with Crippen LogP contribution in [0.2, 0.25) is 0 Å². The van der Waals surface area contributed by atoms with Crippen molar-refractivity contribution < 1.29 is 19.1 Å². The second kappa shape index (κ2) is 19.1. The molecule has 186 valence electrons. The summed E-state index contributed by atoms with van der Waals surface area (Å²) >= 11 is 0. The number of carbonyl (C=O) groups is 2. The molecule has 0 rings (SSSR count). The molecule has 0 heterocycles. The predicted octanol–water partition coefficient (Wildman–Crippen LogP) is 7.96. The summed E-state index contributed by atoms with van der Waals surface area (Å²) in [7, 11) is 0. The first-order valence-electron chi connectivity index (χ1n) is 12.1. The molecule has 0 saturated heterocycles. The van der Waals surface area contributed by atoms with Crippen molar-refractivity contribution in [3.63, 3.8) is 0 Å². The topological polar surface area (TPSA) is 52.6 Å². The second-order valence-electron chi connectivity index (χ2n) is 9.03. The Bertz CT molecular complexity index is 744. The maximum Gasteiger partial charge on any atom is 0.302 e. The number of hydrogen-bond acceptors (Lipinski definition) is 4. The van der Waals surface area contributed by atoms with Crippen LogP contribution in [0.3, 0.4) is 0 Å². The van der Waals surface area contributed by atoms with E-state index in [1.165, 1.54) is 36.1 Å². The number of esters is 2. The van der Waals surface area contributed by atoms with Gasteiger partial charge in [-0.25, -0.2) is 0 Å². The third-order valence-corrected chi connectivity index (χ3v) is 5.23. The van der Waals surface area contributed by atoms with Crippen LogP contribution in [-0.4, -0.2) is 25.2 Å². The molecule has 0 aromatic carbocycles. The summed E-state index contributed by atoms with van der Waals surface area (Å²) in [5.74, 6) is -0.520. The summed E-state index contributed by atoms with van der Waals surface area (Å²) in [5, 5.41) is 0. The van der Waals surface area contributed by atoms with Gasteiger partial charge >= 0.3 is 11.9 Å². The Kier molecular flexibility index (Phi) is 17.8. The molecule has 0 aromatic rings. The molecule has 0 N–H and O–H groups in total. The first-order valence-corrected chi connectivity index (χ1v) is 12.1. The number of ether oxygens (including phenoxy) is 2. The first kappa shape index (κ1) is 30.6. The third kappa shape index (κ3) is 21.3. The van der Waals surface area contributed by atoms with E-state index in [-0.39, 0.29) is 11.9 Å². The van der Waals surface area contributed by atoms with Crippen LogP contribution in [-0.2, 0) is 19.1 Å². The van der Waals surface area contributed by atoms with Crippen LogP contribution < -0.4 is 0 Å². The minimum Gasteiger partial charge on any atom is -0.462 e. The smallest absolute Gasteiger partial charge is 0.302 e. The van der Waals surface area contributed by atoms with Crippen LogP contribution in [0.4, 0.5) is 0 Å². The van der Waals surface area contributed by atoms with Crippen molar-refractivity contribution in [1.29, 1.82) is 0 Å². The fourth-order valence-electron chi connectivity index (χ4n) is 3.18. The van der Waals surface area contributed by atoms with Crippen LogP contribution >= 0.6 is 0 Å². The molecule has 0 saturated carbocycles. The zero-order valence-electron chi connectivity index (χ0n) is 22.1. The standard InChI is InChI=1S/C29H46O4/c1-23(2)12-8-13-24(3)14-9-15-25(4)16-10-18-29(22-33-28(7)31)19-11-17-26(5)20-21-32-27(6)30/h12,14,16,19-20H,8-11,13,15,17-18,21-22H2,1-7H3. The van der Waals surface area contributed by atoms with Gasteiger partial charge in [-0.15, -0.1) is 0 Å². The van der Waals surface area contributed by atoms with Gasteiger partial charge < -0.3 is 9.47 Å². The van der Waals surface area contributed by atoms with E-state index in [0.717, 1.165) is 56.9 Å². The fourth-order valence-corrected chi connectivity index (χ4v) is 3.18. The Morgan fingerprint density at radius 2 is 1.00 bits per heavy atom. The number of hydrogen-bond donors (Lipinski definition) is 0. The van der Waals surface area contributed by atoms with Gasteiger partial charge in [0.1, 0.15) is 13.2 Å². The Hall–Kier alpha value is -2.36. The average Bonchev–Trinajstić information content (AvgIpc) is 2.71. The molecule has 0 aromatic heterocycles. The Labute approximate surface area is 202 Å². The lowest BCUT2D eigenvalue weighted by atomic mass is 10.0. The quantitative estimate of drug-likeness (QED) is 0.174. The molecule has 33 heavy (non-hydrogen) atoms. The van der Waals surface area contributed by atoms with E-state index in [0.29, 0.717) is 13.2 Å². The molecular formula is C29H46O4. The molecule has 0 fully saturated rings. The van der Waals surface area contributed by atoms with E-state index in [4.69, 9.17) is 9.47 Å². The van der Waals surface area contributed by atoms with Gasteiger partial charge in [-0.2, -0.15) is 0 Å². The maximum atomic E-state index is 11.2. The number of rotatable bonds is 16. The maximum absolute atomic E-state index is 11.2. The zero-order valence-corrected chi connectivity index (χ0v) is 22.1. The Morgan fingerprint density at radius 3 is 1.52 bits per heavy atom. The normalized spacial score (nSPS) is 13.1. The second-order valence-corrected chi connectivity index (χ2v) is 9.03. The Balaban J connectivity index is 4.56. The van der Waals surface area contributed by atoms with E-state index in [1.807, 2.05) is 13.0 Å². The van der Waals surface area contributed by atoms with Crippen molar-refractivity contribution >= 4 is 11.9 Å². The summed E-state index contributed by atoms with van der Waals surface area (Å²) in [6, 6.07) is 0. The average molecular weight is 459 g/mol. The van der Waals surface area contributed by atoms with E-state index >= 15 is 0 Å². The predicted molar refractivity (Wildman–Crippen MR) is 139 cm³/mol. The summed E-state index contributed by atoms with van der Waals surface area (Å²) in [4.78, 5) is 22.1. The van der Waals surface area contributed by atoms with Crippen molar-refractivity contribution in [2.24, 2.45) is 0 Å². The Morgan fingerprint density at radius 1 is 0.545 bits per heavy atom. The molecule has 4 heteroatoms. The zero-order chi connectivity index (χ0) is 25.1. The van der Waals surface area contributed by atoms with Crippen LogP contribution in [0.15, 0.2) is 58.2 Å². The van der Waals surface area contributed by atoms with Gasteiger partial charge in [0.15, 0.2) is 0 Å². The van der Waals surface area contributed by atoms with Crippen LogP contribution in [0, 0.1) is 0 Å². The number of allylic oxidation sites excluding steroid dienone is 8. The van der Waals surface area contributed by atoms with E-state index in [9.17, 15) is 9.59 Å². The fraction of sp³-hybridized carbons (Fsp3) is 0.586. The molecule has 0 atom stereocenters. The SMILES string of the molecule is CC(=O)OCC=C(C)CCC=C(CCC=C(C)CCC=C(C)CCC=C(C)C)COC(C)=O. The highest BCUT2D eigenvalue weighted by Gasteiger charge is 2.01. The van der Waals surface area contributed by atoms with E-state index in [2.05, 4.69) is 52.0 Å². The molecule has 0 unspecified atom stereocenters. The molecule has 0 spiro atoms. The van der Waals surface area contributed by atoms with Gasteiger partial charge in [0.25, 0.3) is 0 Å². The van der Waals surface area contributed by atoms with Crippen molar-refractivity contribution in [3.8, 4) is 0 Å². The highest BCUT2D eigenvalue weighted by Crippen LogP contribution is 2.15. The van der Waals surface area contributed by atoms with E-state index < -0.39 is 0 Å². The summed E-state index contributed by atoms with van der Waals surface area (Å²) in [6.45, 7) is 14.3. The first-order chi connectivity index (χ1) is 15.6. The van der Waals surface area contributed by atoms with Gasteiger partial charge in [-0.3, -0.25) is 9.59 Å². The molecule has 4 nitrogen and oxygen atoms in total. The number of carbonyl (C=O) groups excluding carboxylic acids is 2. The van der Waals surface area contributed by atoms with Crippen LogP contribution in [0.1, 0.15) is 99.8 Å². The molecular weight excluding hydrogens is 412 g/mol. The van der Waals surface area contributed by atoms with Crippen LogP contribution in [0.25, 0.3) is 0 Å². The largest absolute Gasteiger partial charge is 0.462 e. The molecule has 0 radical (unpaired) electrons. The summed E-state index contributed by atoms with van der Waals surface area (Å²) < 4.78 is 10.2. The molecule has 0 amide bonds. The minimum atomic E-state index is -0.267. The van der Waals surface area contributed by atoms with Gasteiger partial charge in [0, 0.05) is 13.8 Å². The van der Waals surface area contributed by atoms with Crippen LogP contribution in [0.5, 0.6) is 0 Å². The highest BCUT2D eigenvalue weighted by atomic mass is 16.5. The van der Waals surface area contributed by atoms with Crippen molar-refractivity contribution in [2.75, 3.05) is 13.2 Å². The molecule has 0 aliphatic carbocycles. The third-order valence-electron chi connectivity index (χ3n) is 5.23. The van der Waals surface area contributed by atoms with Gasteiger partial charge in [0.05, 0.1) is 0 Å². The molecule has 0 bridgehead atoms. The van der Waals surface area contributed by atoms with Gasteiger partial charge in [0.2, 0.25) is 0 Å². The highest BCUT2D eigenvalue weighted by molar-refractivity contribution is 5.66. The van der Waals surface area contributed by atoms with E-state index in [1.54, 1.807) is 0 Å².